The van der Waals surface area contributed by atoms with Gasteiger partial charge >= 0.3 is 0 Å². The van der Waals surface area contributed by atoms with E-state index in [-0.39, 0.29) is 0 Å². The predicted octanol–water partition coefficient (Wildman–Crippen LogP) is 3.82. The fraction of sp³-hybridized carbons (Fsp3) is 0.235. The second-order valence-corrected chi connectivity index (χ2v) is 6.42. The van der Waals surface area contributed by atoms with Crippen LogP contribution in [0.2, 0.25) is 0 Å². The van der Waals surface area contributed by atoms with Crippen LogP contribution in [-0.4, -0.2) is 21.7 Å². The molecule has 116 valence electrons. The van der Waals surface area contributed by atoms with E-state index in [1.807, 2.05) is 36.4 Å². The summed E-state index contributed by atoms with van der Waals surface area (Å²) in [6.45, 7) is 1.07. The van der Waals surface area contributed by atoms with Crippen molar-refractivity contribution in [1.82, 2.24) is 20.5 Å². The lowest BCUT2D eigenvalue weighted by atomic mass is 10.2. The summed E-state index contributed by atoms with van der Waals surface area (Å²) in [5.41, 5.74) is 1.06. The number of pyridine rings is 1. The predicted molar refractivity (Wildman–Crippen MR) is 89.6 cm³/mol. The molecular weight excluding hydrogens is 308 g/mol. The Morgan fingerprint density at radius 3 is 2.74 bits per heavy atom. The van der Waals surface area contributed by atoms with Crippen molar-refractivity contribution in [3.05, 3.63) is 53.8 Å². The van der Waals surface area contributed by atoms with E-state index in [2.05, 4.69) is 20.5 Å². The van der Waals surface area contributed by atoms with Crippen LogP contribution in [0.25, 0.3) is 10.6 Å². The zero-order chi connectivity index (χ0) is 15.5. The molecule has 1 saturated heterocycles. The van der Waals surface area contributed by atoms with Crippen LogP contribution < -0.4 is 10.1 Å². The smallest absolute Gasteiger partial charge is 0.147 e. The van der Waals surface area contributed by atoms with Crippen LogP contribution in [0.5, 0.6) is 11.5 Å². The Morgan fingerprint density at radius 1 is 1.09 bits per heavy atom. The van der Waals surface area contributed by atoms with Crippen molar-refractivity contribution < 1.29 is 4.74 Å². The Labute approximate surface area is 138 Å². The Bertz CT molecular complexity index is 767. The molecular formula is C17H16N4OS. The number of hydrogen-bond donors (Lipinski definition) is 1. The number of nitrogens with one attached hydrogen (secondary N) is 1. The van der Waals surface area contributed by atoms with Crippen molar-refractivity contribution in [2.24, 2.45) is 0 Å². The van der Waals surface area contributed by atoms with Crippen LogP contribution in [0.4, 0.5) is 0 Å². The fourth-order valence-electron chi connectivity index (χ4n) is 2.60. The first-order chi connectivity index (χ1) is 11.4. The lowest BCUT2D eigenvalue weighted by molar-refractivity contribution is 0.480. The average molecular weight is 324 g/mol. The average Bonchev–Trinajstić information content (AvgIpc) is 3.28. The van der Waals surface area contributed by atoms with Crippen LogP contribution in [0.3, 0.4) is 0 Å². The molecule has 0 amide bonds. The zero-order valence-electron chi connectivity index (χ0n) is 12.5. The number of rotatable bonds is 4. The van der Waals surface area contributed by atoms with E-state index in [0.29, 0.717) is 6.04 Å². The molecule has 1 aromatic carbocycles. The first-order valence-corrected chi connectivity index (χ1v) is 8.45. The van der Waals surface area contributed by atoms with Crippen LogP contribution in [0.15, 0.2) is 48.8 Å². The molecule has 6 heteroatoms. The van der Waals surface area contributed by atoms with E-state index in [1.165, 1.54) is 6.42 Å². The van der Waals surface area contributed by atoms with E-state index in [4.69, 9.17) is 4.74 Å². The maximum Gasteiger partial charge on any atom is 0.147 e. The van der Waals surface area contributed by atoms with E-state index in [9.17, 15) is 0 Å². The first kappa shape index (κ1) is 14.3. The monoisotopic (exact) mass is 324 g/mol. The van der Waals surface area contributed by atoms with Crippen molar-refractivity contribution in [3.8, 4) is 22.1 Å². The van der Waals surface area contributed by atoms with E-state index in [1.54, 1.807) is 23.7 Å². The quantitative estimate of drug-likeness (QED) is 0.790. The van der Waals surface area contributed by atoms with Crippen LogP contribution >= 0.6 is 11.3 Å². The molecule has 1 aliphatic rings. The van der Waals surface area contributed by atoms with Gasteiger partial charge < -0.3 is 10.1 Å². The molecule has 2 aromatic heterocycles. The lowest BCUT2D eigenvalue weighted by Gasteiger charge is -2.05. The third-order valence-electron chi connectivity index (χ3n) is 3.77. The normalized spacial score (nSPS) is 17.3. The summed E-state index contributed by atoms with van der Waals surface area (Å²) in [5.74, 6) is 1.51. The number of hydrogen-bond acceptors (Lipinski definition) is 6. The largest absolute Gasteiger partial charge is 0.456 e. The van der Waals surface area contributed by atoms with Gasteiger partial charge in [-0.05, 0) is 55.8 Å². The molecule has 0 aliphatic carbocycles. The highest BCUT2D eigenvalue weighted by Crippen LogP contribution is 2.31. The van der Waals surface area contributed by atoms with Gasteiger partial charge in [0.1, 0.15) is 21.5 Å². The van der Waals surface area contributed by atoms with Gasteiger partial charge in [0.15, 0.2) is 0 Å². The Hall–Kier alpha value is -2.31. The Kier molecular flexibility index (Phi) is 4.00. The second kappa shape index (κ2) is 6.44. The van der Waals surface area contributed by atoms with Gasteiger partial charge in [-0.15, -0.1) is 10.2 Å². The molecule has 0 bridgehead atoms. The molecule has 0 radical (unpaired) electrons. The van der Waals surface area contributed by atoms with E-state index < -0.39 is 0 Å². The summed E-state index contributed by atoms with van der Waals surface area (Å²) in [5, 5.41) is 14.1. The van der Waals surface area contributed by atoms with Gasteiger partial charge in [0.25, 0.3) is 0 Å². The minimum absolute atomic E-state index is 0.370. The van der Waals surface area contributed by atoms with Crippen molar-refractivity contribution in [2.45, 2.75) is 18.9 Å². The highest BCUT2D eigenvalue weighted by Gasteiger charge is 2.20. The minimum atomic E-state index is 0.370. The molecule has 0 spiro atoms. The van der Waals surface area contributed by atoms with Gasteiger partial charge in [0.2, 0.25) is 0 Å². The molecule has 3 aromatic rings. The minimum Gasteiger partial charge on any atom is -0.456 e. The summed E-state index contributed by atoms with van der Waals surface area (Å²) in [4.78, 5) is 4.04. The third-order valence-corrected chi connectivity index (χ3v) is 4.86. The SMILES string of the molecule is c1cncc(Oc2ccc(-c3nnc(C4CCCN4)s3)cc2)c1. The highest BCUT2D eigenvalue weighted by atomic mass is 32.1. The van der Waals surface area contributed by atoms with Crippen LogP contribution in [0, 0.1) is 0 Å². The molecule has 23 heavy (non-hydrogen) atoms. The summed E-state index contributed by atoms with van der Waals surface area (Å²) in [6, 6.07) is 12.0. The summed E-state index contributed by atoms with van der Waals surface area (Å²) in [6.07, 6.45) is 5.77. The Morgan fingerprint density at radius 2 is 2.00 bits per heavy atom. The number of benzene rings is 1. The van der Waals surface area contributed by atoms with Gasteiger partial charge in [0, 0.05) is 11.8 Å². The molecule has 1 aliphatic heterocycles. The first-order valence-electron chi connectivity index (χ1n) is 7.63. The molecule has 1 unspecified atom stereocenters. The van der Waals surface area contributed by atoms with Crippen LogP contribution in [0.1, 0.15) is 23.9 Å². The van der Waals surface area contributed by atoms with E-state index >= 15 is 0 Å². The number of nitrogens with zero attached hydrogens (tertiary/aromatic N) is 3. The Balaban J connectivity index is 1.49. The van der Waals surface area contributed by atoms with Crippen LogP contribution in [-0.2, 0) is 0 Å². The van der Waals surface area contributed by atoms with Gasteiger partial charge in [-0.25, -0.2) is 0 Å². The summed E-state index contributed by atoms with van der Waals surface area (Å²) >= 11 is 1.66. The molecule has 1 fully saturated rings. The van der Waals surface area contributed by atoms with Gasteiger partial charge in [-0.3, -0.25) is 4.98 Å². The van der Waals surface area contributed by atoms with Crippen molar-refractivity contribution >= 4 is 11.3 Å². The maximum absolute atomic E-state index is 5.75. The topological polar surface area (TPSA) is 59.9 Å². The number of ether oxygens (including phenoxy) is 1. The third kappa shape index (κ3) is 3.23. The number of aromatic nitrogens is 3. The molecule has 1 atom stereocenters. The summed E-state index contributed by atoms with van der Waals surface area (Å²) in [7, 11) is 0. The van der Waals surface area contributed by atoms with E-state index in [0.717, 1.165) is 40.0 Å². The van der Waals surface area contributed by atoms with Crippen molar-refractivity contribution in [3.63, 3.8) is 0 Å². The fourth-order valence-corrected chi connectivity index (χ4v) is 3.56. The maximum atomic E-state index is 5.75. The highest BCUT2D eigenvalue weighted by molar-refractivity contribution is 7.14. The second-order valence-electron chi connectivity index (χ2n) is 5.41. The molecule has 4 rings (SSSR count). The lowest BCUT2D eigenvalue weighted by Crippen LogP contribution is -2.12. The molecule has 1 N–H and O–H groups in total. The van der Waals surface area contributed by atoms with Gasteiger partial charge in [-0.1, -0.05) is 11.3 Å². The molecule has 0 saturated carbocycles. The van der Waals surface area contributed by atoms with Gasteiger partial charge in [0.05, 0.1) is 12.2 Å². The standard InChI is InChI=1S/C17H16N4OS/c1-3-14(11-18-9-1)22-13-7-5-12(6-8-13)16-20-21-17(23-16)15-4-2-10-19-15/h1,3,5-9,11,15,19H,2,4,10H2. The van der Waals surface area contributed by atoms with Gasteiger partial charge in [-0.2, -0.15) is 0 Å². The van der Waals surface area contributed by atoms with Crippen molar-refractivity contribution in [2.75, 3.05) is 6.54 Å². The van der Waals surface area contributed by atoms with Crippen molar-refractivity contribution in [1.29, 1.82) is 0 Å². The molecule has 3 heterocycles. The summed E-state index contributed by atoms with van der Waals surface area (Å²) < 4.78 is 5.75. The zero-order valence-corrected chi connectivity index (χ0v) is 13.3. The molecule has 5 nitrogen and oxygen atoms in total.